The first-order chi connectivity index (χ1) is 19.3. The largest absolute Gasteiger partial charge is 0.573 e. The smallest absolute Gasteiger partial charge is 0.406 e. The summed E-state index contributed by atoms with van der Waals surface area (Å²) in [5.41, 5.74) is 5.18. The van der Waals surface area contributed by atoms with E-state index in [9.17, 15) is 13.2 Å². The van der Waals surface area contributed by atoms with Gasteiger partial charge in [-0.05, 0) is 80.4 Å². The predicted molar refractivity (Wildman–Crippen MR) is 156 cm³/mol. The molecular formula is C31H34ClF3N4O. The van der Waals surface area contributed by atoms with Gasteiger partial charge in [-0.2, -0.15) is 0 Å². The van der Waals surface area contributed by atoms with Crippen molar-refractivity contribution in [2.45, 2.75) is 44.8 Å². The number of alkyl halides is 3. The fourth-order valence-electron chi connectivity index (χ4n) is 5.41. The van der Waals surface area contributed by atoms with Gasteiger partial charge >= 0.3 is 6.36 Å². The number of hydrogen-bond donors (Lipinski definition) is 2. The third kappa shape index (κ3) is 7.11. The van der Waals surface area contributed by atoms with Crippen LogP contribution in [0.15, 0.2) is 72.9 Å². The minimum absolute atomic E-state index is 0.220. The van der Waals surface area contributed by atoms with E-state index in [0.29, 0.717) is 6.04 Å². The van der Waals surface area contributed by atoms with E-state index in [1.54, 1.807) is 12.1 Å². The Hall–Kier alpha value is -3.20. The van der Waals surface area contributed by atoms with Crippen molar-refractivity contribution >= 4 is 28.2 Å². The lowest BCUT2D eigenvalue weighted by molar-refractivity contribution is -0.274. The van der Waals surface area contributed by atoms with Gasteiger partial charge in [-0.15, -0.1) is 13.2 Å². The van der Waals surface area contributed by atoms with Crippen LogP contribution in [-0.4, -0.2) is 48.6 Å². The monoisotopic (exact) mass is 570 g/mol. The highest BCUT2D eigenvalue weighted by atomic mass is 35.5. The Bertz CT molecular complexity index is 1410. The van der Waals surface area contributed by atoms with Crippen molar-refractivity contribution in [1.29, 1.82) is 0 Å². The SMILES string of the molecule is CNCCCn1cc(-c2ccc(OC(F)(F)F)cc2)c2cc(CN3CCC(Nc4ccccc4Cl)CC3)ccc21. The molecule has 1 aliphatic heterocycles. The van der Waals surface area contributed by atoms with Crippen LogP contribution in [0.5, 0.6) is 5.75 Å². The number of nitrogens with zero attached hydrogens (tertiary/aromatic N) is 2. The summed E-state index contributed by atoms with van der Waals surface area (Å²) in [5, 5.41) is 8.62. The highest BCUT2D eigenvalue weighted by Crippen LogP contribution is 2.34. The molecule has 0 unspecified atom stereocenters. The third-order valence-electron chi connectivity index (χ3n) is 7.40. The second-order valence-corrected chi connectivity index (χ2v) is 10.7. The second kappa shape index (κ2) is 12.5. The van der Waals surface area contributed by atoms with Crippen LogP contribution in [-0.2, 0) is 13.1 Å². The molecule has 1 aromatic heterocycles. The topological polar surface area (TPSA) is 41.5 Å². The van der Waals surface area contributed by atoms with Crippen molar-refractivity contribution in [3.63, 3.8) is 0 Å². The van der Waals surface area contributed by atoms with Gasteiger partial charge in [0.1, 0.15) is 5.75 Å². The highest BCUT2D eigenvalue weighted by Gasteiger charge is 2.31. The number of ether oxygens (including phenoxy) is 1. The van der Waals surface area contributed by atoms with E-state index in [1.165, 1.54) is 17.7 Å². The van der Waals surface area contributed by atoms with Crippen molar-refractivity contribution < 1.29 is 17.9 Å². The molecule has 1 fully saturated rings. The summed E-state index contributed by atoms with van der Waals surface area (Å²) in [4.78, 5) is 2.47. The maximum Gasteiger partial charge on any atom is 0.573 e. The zero-order valence-corrected chi connectivity index (χ0v) is 23.2. The fourth-order valence-corrected chi connectivity index (χ4v) is 5.60. The van der Waals surface area contributed by atoms with Crippen LogP contribution < -0.4 is 15.4 Å². The molecule has 5 rings (SSSR count). The van der Waals surface area contributed by atoms with Crippen molar-refractivity contribution in [3.05, 3.63) is 83.5 Å². The molecule has 2 N–H and O–H groups in total. The standard InChI is InChI=1S/C31H34ClF3N4O/c1-36-15-4-16-39-21-27(23-8-10-25(11-9-23)40-31(33,34)35)26-19-22(7-12-30(26)39)20-38-17-13-24(14-18-38)37-29-6-3-2-5-28(29)32/h2-3,5-12,19,21,24,36-37H,4,13-18,20H2,1H3. The molecule has 0 aliphatic carbocycles. The van der Waals surface area contributed by atoms with Gasteiger partial charge in [0.25, 0.3) is 0 Å². The van der Waals surface area contributed by atoms with Gasteiger partial charge in [-0.25, -0.2) is 0 Å². The van der Waals surface area contributed by atoms with E-state index in [4.69, 9.17) is 11.6 Å². The molecule has 0 atom stereocenters. The normalized spacial score (nSPS) is 15.0. The quantitative estimate of drug-likeness (QED) is 0.193. The van der Waals surface area contributed by atoms with Crippen LogP contribution in [0.25, 0.3) is 22.0 Å². The number of aryl methyl sites for hydroxylation is 1. The summed E-state index contributed by atoms with van der Waals surface area (Å²) in [6.07, 6.45) is 0.436. The number of benzene rings is 3. The Kier molecular flexibility index (Phi) is 8.88. The van der Waals surface area contributed by atoms with Crippen molar-refractivity contribution in [1.82, 2.24) is 14.8 Å². The van der Waals surface area contributed by atoms with E-state index in [2.05, 4.69) is 49.2 Å². The first-order valence-electron chi connectivity index (χ1n) is 13.6. The van der Waals surface area contributed by atoms with E-state index >= 15 is 0 Å². The van der Waals surface area contributed by atoms with Crippen molar-refractivity contribution in [2.75, 3.05) is 32.0 Å². The number of para-hydroxylation sites is 1. The average Bonchev–Trinajstić information content (AvgIpc) is 3.28. The van der Waals surface area contributed by atoms with Gasteiger partial charge in [0.2, 0.25) is 0 Å². The van der Waals surface area contributed by atoms with Crippen LogP contribution in [0.2, 0.25) is 5.02 Å². The fraction of sp³-hybridized carbons (Fsp3) is 0.355. The summed E-state index contributed by atoms with van der Waals surface area (Å²) in [7, 11) is 1.94. The Balaban J connectivity index is 1.32. The van der Waals surface area contributed by atoms with E-state index < -0.39 is 6.36 Å². The second-order valence-electron chi connectivity index (χ2n) is 10.3. The molecule has 1 saturated heterocycles. The molecule has 0 saturated carbocycles. The molecule has 2 heterocycles. The number of anilines is 1. The Morgan fingerprint density at radius 3 is 2.45 bits per heavy atom. The van der Waals surface area contributed by atoms with Gasteiger partial charge in [-0.1, -0.05) is 41.9 Å². The van der Waals surface area contributed by atoms with Crippen LogP contribution in [0.3, 0.4) is 0 Å². The lowest BCUT2D eigenvalue weighted by Crippen LogP contribution is -2.38. The number of likely N-dealkylation sites (tertiary alicyclic amines) is 1. The van der Waals surface area contributed by atoms with E-state index in [-0.39, 0.29) is 5.75 Å². The molecule has 0 spiro atoms. The molecule has 3 aromatic carbocycles. The van der Waals surface area contributed by atoms with Gasteiger partial charge in [0, 0.05) is 54.9 Å². The summed E-state index contributed by atoms with van der Waals surface area (Å²) in [5.74, 6) is -0.220. The number of nitrogens with one attached hydrogen (secondary N) is 2. The lowest BCUT2D eigenvalue weighted by atomic mass is 10.0. The van der Waals surface area contributed by atoms with Crippen LogP contribution in [0, 0.1) is 0 Å². The Labute approximate surface area is 237 Å². The zero-order chi connectivity index (χ0) is 28.1. The Morgan fingerprint density at radius 2 is 1.75 bits per heavy atom. The molecule has 1 aliphatic rings. The molecule has 0 bridgehead atoms. The van der Waals surface area contributed by atoms with E-state index in [0.717, 1.165) is 84.7 Å². The number of fused-ring (bicyclic) bond motifs is 1. The number of hydrogen-bond acceptors (Lipinski definition) is 4. The summed E-state index contributed by atoms with van der Waals surface area (Å²) in [6.45, 7) is 4.56. The zero-order valence-electron chi connectivity index (χ0n) is 22.5. The third-order valence-corrected chi connectivity index (χ3v) is 7.73. The average molecular weight is 571 g/mol. The van der Waals surface area contributed by atoms with Gasteiger partial charge in [0.05, 0.1) is 10.7 Å². The minimum Gasteiger partial charge on any atom is -0.406 e. The van der Waals surface area contributed by atoms with Crippen LogP contribution in [0.4, 0.5) is 18.9 Å². The number of halogens is 4. The summed E-state index contributed by atoms with van der Waals surface area (Å²) >= 11 is 6.33. The van der Waals surface area contributed by atoms with Gasteiger partial charge in [-0.3, -0.25) is 4.90 Å². The number of rotatable bonds is 10. The lowest BCUT2D eigenvalue weighted by Gasteiger charge is -2.33. The molecule has 40 heavy (non-hydrogen) atoms. The van der Waals surface area contributed by atoms with Crippen molar-refractivity contribution in [3.8, 4) is 16.9 Å². The van der Waals surface area contributed by atoms with E-state index in [1.807, 2.05) is 31.3 Å². The predicted octanol–water partition coefficient (Wildman–Crippen LogP) is 7.55. The molecule has 5 nitrogen and oxygen atoms in total. The first-order valence-corrected chi connectivity index (χ1v) is 14.0. The molecule has 4 aromatic rings. The molecular weight excluding hydrogens is 537 g/mol. The molecule has 212 valence electrons. The number of piperidine rings is 1. The number of aromatic nitrogens is 1. The Morgan fingerprint density at radius 1 is 1.00 bits per heavy atom. The molecule has 9 heteroatoms. The summed E-state index contributed by atoms with van der Waals surface area (Å²) < 4.78 is 44.3. The maximum absolute atomic E-state index is 12.7. The highest BCUT2D eigenvalue weighted by molar-refractivity contribution is 6.33. The van der Waals surface area contributed by atoms with Gasteiger partial charge in [0.15, 0.2) is 0 Å². The minimum atomic E-state index is -4.71. The van der Waals surface area contributed by atoms with Crippen LogP contribution >= 0.6 is 11.6 Å². The van der Waals surface area contributed by atoms with Crippen LogP contribution in [0.1, 0.15) is 24.8 Å². The molecule has 0 radical (unpaired) electrons. The van der Waals surface area contributed by atoms with Gasteiger partial charge < -0.3 is 19.9 Å². The van der Waals surface area contributed by atoms with Crippen molar-refractivity contribution in [2.24, 2.45) is 0 Å². The first kappa shape index (κ1) is 28.3. The molecule has 0 amide bonds. The summed E-state index contributed by atoms with van der Waals surface area (Å²) in [6, 6.07) is 21.0. The maximum atomic E-state index is 12.7.